The van der Waals surface area contributed by atoms with Crippen LogP contribution in [0.3, 0.4) is 0 Å². The standard InChI is InChI=1S/C14H27NO2S.CH4/c1-3-4-9-17-12(2)18-11-14(16)10-15-7-5-13(14)6-8-15;/h12-13,16H,3-11H2,1-2H3;1H4. The molecule has 2 atom stereocenters. The van der Waals surface area contributed by atoms with Gasteiger partial charge in [0.2, 0.25) is 0 Å². The van der Waals surface area contributed by atoms with Crippen LogP contribution in [0.5, 0.6) is 0 Å². The van der Waals surface area contributed by atoms with E-state index in [1.807, 2.05) is 0 Å². The Bertz CT molecular complexity index is 257. The highest BCUT2D eigenvalue weighted by Gasteiger charge is 2.45. The second-order valence-corrected chi connectivity index (χ2v) is 7.04. The molecule has 0 aromatic rings. The van der Waals surface area contributed by atoms with Crippen molar-refractivity contribution in [3.63, 3.8) is 0 Å². The van der Waals surface area contributed by atoms with Gasteiger partial charge in [0.15, 0.2) is 0 Å². The molecule has 3 fully saturated rings. The van der Waals surface area contributed by atoms with Crippen molar-refractivity contribution in [1.82, 2.24) is 4.90 Å². The van der Waals surface area contributed by atoms with Gasteiger partial charge in [0.25, 0.3) is 0 Å². The van der Waals surface area contributed by atoms with Crippen molar-refractivity contribution in [2.24, 2.45) is 5.92 Å². The van der Waals surface area contributed by atoms with Crippen LogP contribution in [0.15, 0.2) is 0 Å². The summed E-state index contributed by atoms with van der Waals surface area (Å²) in [7, 11) is 0. The molecule has 3 nitrogen and oxygen atoms in total. The van der Waals surface area contributed by atoms with E-state index in [0.717, 1.165) is 25.3 Å². The van der Waals surface area contributed by atoms with E-state index in [4.69, 9.17) is 4.74 Å². The Balaban J connectivity index is 0.00000180. The van der Waals surface area contributed by atoms with E-state index in [1.165, 1.54) is 32.4 Å². The van der Waals surface area contributed by atoms with E-state index in [0.29, 0.717) is 5.92 Å². The van der Waals surface area contributed by atoms with Gasteiger partial charge in [0.1, 0.15) is 5.44 Å². The number of hydrogen-bond acceptors (Lipinski definition) is 4. The minimum absolute atomic E-state index is 0. The van der Waals surface area contributed by atoms with Crippen molar-refractivity contribution >= 4 is 11.8 Å². The molecule has 0 spiro atoms. The van der Waals surface area contributed by atoms with E-state index in [1.54, 1.807) is 11.8 Å². The van der Waals surface area contributed by atoms with E-state index >= 15 is 0 Å². The normalized spacial score (nSPS) is 34.9. The smallest absolute Gasteiger partial charge is 0.100 e. The molecule has 0 amide bonds. The van der Waals surface area contributed by atoms with Gasteiger partial charge in [-0.2, -0.15) is 0 Å². The molecule has 4 heteroatoms. The number of thioether (sulfide) groups is 1. The van der Waals surface area contributed by atoms with Gasteiger partial charge in [-0.05, 0) is 45.2 Å². The summed E-state index contributed by atoms with van der Waals surface area (Å²) in [5.74, 6) is 1.33. The Morgan fingerprint density at radius 3 is 2.63 bits per heavy atom. The number of rotatable bonds is 7. The maximum absolute atomic E-state index is 10.8. The number of hydrogen-bond donors (Lipinski definition) is 1. The average molecular weight is 289 g/mol. The Kier molecular flexibility index (Phi) is 7.15. The molecule has 0 saturated carbocycles. The lowest BCUT2D eigenvalue weighted by Crippen LogP contribution is -2.60. The molecule has 1 N–H and O–H groups in total. The molecular weight excluding hydrogens is 258 g/mol. The molecule has 3 aliphatic rings. The van der Waals surface area contributed by atoms with E-state index in [2.05, 4.69) is 18.7 Å². The molecular formula is C15H31NO2S. The molecule has 0 aromatic heterocycles. The highest BCUT2D eigenvalue weighted by molar-refractivity contribution is 7.99. The second kappa shape index (κ2) is 7.87. The largest absolute Gasteiger partial charge is 0.387 e. The number of nitrogens with zero attached hydrogens (tertiary/aromatic N) is 1. The monoisotopic (exact) mass is 289 g/mol. The molecule has 0 aliphatic carbocycles. The Labute approximate surface area is 123 Å². The fraction of sp³-hybridized carbons (Fsp3) is 1.00. The summed E-state index contributed by atoms with van der Waals surface area (Å²) in [6.07, 6.45) is 4.65. The molecule has 0 radical (unpaired) electrons. The van der Waals surface area contributed by atoms with Crippen LogP contribution in [-0.2, 0) is 4.74 Å². The lowest BCUT2D eigenvalue weighted by Gasteiger charge is -2.50. The Morgan fingerprint density at radius 2 is 2.11 bits per heavy atom. The summed E-state index contributed by atoms with van der Waals surface area (Å²) >= 11 is 1.77. The SMILES string of the molecule is C.CCCCOC(C)SCC1(O)CN2CCC1CC2. The molecule has 19 heavy (non-hydrogen) atoms. The van der Waals surface area contributed by atoms with E-state index in [-0.39, 0.29) is 12.9 Å². The first-order valence-corrected chi connectivity index (χ1v) is 8.37. The van der Waals surface area contributed by atoms with Gasteiger partial charge in [-0.1, -0.05) is 20.8 Å². The van der Waals surface area contributed by atoms with Gasteiger partial charge in [0.05, 0.1) is 5.60 Å². The summed E-state index contributed by atoms with van der Waals surface area (Å²) in [6, 6.07) is 0. The quantitative estimate of drug-likeness (QED) is 0.577. The fourth-order valence-corrected chi connectivity index (χ4v) is 4.05. The van der Waals surface area contributed by atoms with Crippen molar-refractivity contribution in [1.29, 1.82) is 0 Å². The van der Waals surface area contributed by atoms with Crippen LogP contribution >= 0.6 is 11.8 Å². The van der Waals surface area contributed by atoms with Gasteiger partial charge < -0.3 is 14.7 Å². The van der Waals surface area contributed by atoms with Gasteiger partial charge in [-0.3, -0.25) is 0 Å². The maximum atomic E-state index is 10.8. The van der Waals surface area contributed by atoms with Crippen molar-refractivity contribution in [3.05, 3.63) is 0 Å². The van der Waals surface area contributed by atoms with Crippen LogP contribution in [0.4, 0.5) is 0 Å². The van der Waals surface area contributed by atoms with Gasteiger partial charge in [-0.25, -0.2) is 0 Å². The zero-order chi connectivity index (χ0) is 13.0. The first-order chi connectivity index (χ1) is 8.64. The molecule has 0 aromatic carbocycles. The lowest BCUT2D eigenvalue weighted by molar-refractivity contribution is -0.0952. The number of fused-ring (bicyclic) bond motifs is 3. The predicted molar refractivity (Wildman–Crippen MR) is 83.6 cm³/mol. The van der Waals surface area contributed by atoms with Gasteiger partial charge in [0, 0.05) is 18.9 Å². The van der Waals surface area contributed by atoms with E-state index < -0.39 is 5.60 Å². The zero-order valence-electron chi connectivity index (χ0n) is 11.7. The van der Waals surface area contributed by atoms with Crippen LogP contribution in [0.25, 0.3) is 0 Å². The Hall–Kier alpha value is 0.230. The van der Waals surface area contributed by atoms with Crippen LogP contribution in [0, 0.1) is 5.92 Å². The second-order valence-electron chi connectivity index (χ2n) is 5.76. The van der Waals surface area contributed by atoms with Gasteiger partial charge in [-0.15, -0.1) is 11.8 Å². The van der Waals surface area contributed by atoms with Crippen LogP contribution in [0.2, 0.25) is 0 Å². The molecule has 3 aliphatic heterocycles. The number of aliphatic hydroxyl groups is 1. The average Bonchev–Trinajstić information content (AvgIpc) is 2.38. The molecule has 3 saturated heterocycles. The summed E-state index contributed by atoms with van der Waals surface area (Å²) < 4.78 is 5.74. The minimum Gasteiger partial charge on any atom is -0.387 e. The predicted octanol–water partition coefficient (Wildman–Crippen LogP) is 2.98. The fourth-order valence-electron chi connectivity index (χ4n) is 3.01. The molecule has 114 valence electrons. The molecule has 3 heterocycles. The lowest BCUT2D eigenvalue weighted by atomic mass is 9.76. The summed E-state index contributed by atoms with van der Waals surface area (Å²) in [5.41, 5.74) is -0.264. The highest BCUT2D eigenvalue weighted by atomic mass is 32.2. The number of unbranched alkanes of at least 4 members (excludes halogenated alkanes) is 1. The highest BCUT2D eigenvalue weighted by Crippen LogP contribution is 2.38. The van der Waals surface area contributed by atoms with Crippen molar-refractivity contribution < 1.29 is 9.84 Å². The van der Waals surface area contributed by atoms with Crippen LogP contribution < -0.4 is 0 Å². The van der Waals surface area contributed by atoms with Crippen LogP contribution in [-0.4, -0.2) is 53.0 Å². The van der Waals surface area contributed by atoms with E-state index in [9.17, 15) is 5.11 Å². The topological polar surface area (TPSA) is 32.7 Å². The Morgan fingerprint density at radius 1 is 1.42 bits per heavy atom. The summed E-state index contributed by atoms with van der Waals surface area (Å²) in [6.45, 7) is 8.35. The summed E-state index contributed by atoms with van der Waals surface area (Å²) in [5, 5.41) is 10.8. The first-order valence-electron chi connectivity index (χ1n) is 7.32. The van der Waals surface area contributed by atoms with Crippen LogP contribution in [0.1, 0.15) is 47.0 Å². The zero-order valence-corrected chi connectivity index (χ0v) is 12.5. The van der Waals surface area contributed by atoms with Crippen molar-refractivity contribution in [2.75, 3.05) is 32.0 Å². The molecule has 2 bridgehead atoms. The maximum Gasteiger partial charge on any atom is 0.100 e. The molecule has 3 rings (SSSR count). The third kappa shape index (κ3) is 4.62. The third-order valence-corrected chi connectivity index (χ3v) is 5.54. The van der Waals surface area contributed by atoms with Gasteiger partial charge >= 0.3 is 0 Å². The van der Waals surface area contributed by atoms with Crippen molar-refractivity contribution in [3.8, 4) is 0 Å². The first kappa shape index (κ1) is 17.3. The van der Waals surface area contributed by atoms with Crippen molar-refractivity contribution in [2.45, 2.75) is 58.0 Å². The minimum atomic E-state index is -0.469. The molecule has 2 unspecified atom stereocenters. The third-order valence-electron chi connectivity index (χ3n) is 4.26. The number of ether oxygens (including phenoxy) is 1. The number of piperidine rings is 3. The summed E-state index contributed by atoms with van der Waals surface area (Å²) in [4.78, 5) is 2.41.